The van der Waals surface area contributed by atoms with Gasteiger partial charge in [0.15, 0.2) is 0 Å². The number of aliphatic carboxylic acids is 1. The summed E-state index contributed by atoms with van der Waals surface area (Å²) < 4.78 is 42.1. The molecule has 0 aliphatic heterocycles. The summed E-state index contributed by atoms with van der Waals surface area (Å²) in [5.41, 5.74) is -0.0576. The molecule has 0 aromatic heterocycles. The molecule has 2 N–H and O–H groups in total. The van der Waals surface area contributed by atoms with Gasteiger partial charge in [0.25, 0.3) is 5.91 Å². The zero-order valence-electron chi connectivity index (χ0n) is 11.4. The monoisotopic (exact) mass is 317 g/mol. The summed E-state index contributed by atoms with van der Waals surface area (Å²) in [6.07, 6.45) is -4.95. The molecule has 0 saturated carbocycles. The minimum Gasteiger partial charge on any atom is -0.489 e. The Morgan fingerprint density at radius 2 is 2.00 bits per heavy atom. The first-order chi connectivity index (χ1) is 10.2. The Balaban J connectivity index is 2.90. The fraction of sp³-hybridized carbons (Fsp3) is 0.286. The van der Waals surface area contributed by atoms with Crippen LogP contribution in [0.25, 0.3) is 0 Å². The van der Waals surface area contributed by atoms with Crippen molar-refractivity contribution in [3.8, 4) is 5.75 Å². The first-order valence-electron chi connectivity index (χ1n) is 6.17. The summed E-state index contributed by atoms with van der Waals surface area (Å²) in [7, 11) is 0. The molecule has 1 unspecified atom stereocenters. The molecule has 0 heterocycles. The predicted octanol–water partition coefficient (Wildman–Crippen LogP) is 2.39. The largest absolute Gasteiger partial charge is 0.489 e. The number of carboxylic acids is 1. The molecule has 0 aliphatic carbocycles. The van der Waals surface area contributed by atoms with Crippen molar-refractivity contribution < 1.29 is 32.6 Å². The van der Waals surface area contributed by atoms with Crippen LogP contribution in [0.4, 0.5) is 13.2 Å². The number of carboxylic acid groups (broad SMARTS) is 1. The van der Waals surface area contributed by atoms with Crippen LogP contribution in [0.3, 0.4) is 0 Å². The molecule has 0 radical (unpaired) electrons. The van der Waals surface area contributed by atoms with Crippen molar-refractivity contribution in [2.75, 3.05) is 6.61 Å². The van der Waals surface area contributed by atoms with E-state index in [1.54, 1.807) is 6.07 Å². The summed E-state index contributed by atoms with van der Waals surface area (Å²) in [6, 6.07) is 3.74. The topological polar surface area (TPSA) is 75.6 Å². The molecule has 1 aromatic carbocycles. The Morgan fingerprint density at radius 3 is 2.55 bits per heavy atom. The van der Waals surface area contributed by atoms with Gasteiger partial charge in [-0.2, -0.15) is 13.2 Å². The lowest BCUT2D eigenvalue weighted by Gasteiger charge is -2.17. The maximum Gasteiger partial charge on any atom is 0.391 e. The van der Waals surface area contributed by atoms with E-state index in [9.17, 15) is 22.8 Å². The molecule has 1 rings (SSSR count). The van der Waals surface area contributed by atoms with E-state index in [1.165, 1.54) is 24.3 Å². The van der Waals surface area contributed by atoms with Gasteiger partial charge in [0.2, 0.25) is 0 Å². The molecular weight excluding hydrogens is 303 g/mol. The molecule has 8 heteroatoms. The predicted molar refractivity (Wildman–Crippen MR) is 71.7 cm³/mol. The second-order valence-electron chi connectivity index (χ2n) is 4.28. The lowest BCUT2D eigenvalue weighted by Crippen LogP contribution is -2.43. The third-order valence-electron chi connectivity index (χ3n) is 2.53. The van der Waals surface area contributed by atoms with Crippen LogP contribution in [0.1, 0.15) is 16.8 Å². The van der Waals surface area contributed by atoms with Gasteiger partial charge in [0, 0.05) is 0 Å². The number of para-hydroxylation sites is 1. The van der Waals surface area contributed by atoms with E-state index in [-0.39, 0.29) is 17.9 Å². The fourth-order valence-electron chi connectivity index (χ4n) is 1.60. The van der Waals surface area contributed by atoms with Gasteiger partial charge >= 0.3 is 12.1 Å². The van der Waals surface area contributed by atoms with Gasteiger partial charge in [0.05, 0.1) is 12.0 Å². The molecular formula is C14H14F3NO4. The van der Waals surface area contributed by atoms with Crippen LogP contribution >= 0.6 is 0 Å². The van der Waals surface area contributed by atoms with Crippen LogP contribution in [0.5, 0.6) is 5.75 Å². The highest BCUT2D eigenvalue weighted by atomic mass is 19.4. The Bertz CT molecular complexity index is 557. The van der Waals surface area contributed by atoms with Crippen LogP contribution < -0.4 is 10.1 Å². The van der Waals surface area contributed by atoms with Crippen LogP contribution in [0, 0.1) is 0 Å². The van der Waals surface area contributed by atoms with Crippen molar-refractivity contribution in [2.24, 2.45) is 0 Å². The maximum absolute atomic E-state index is 12.3. The number of ether oxygens (including phenoxy) is 1. The van der Waals surface area contributed by atoms with Gasteiger partial charge in [-0.1, -0.05) is 24.8 Å². The number of nitrogens with one attached hydrogen (secondary N) is 1. The SMILES string of the molecule is C=CCOc1ccccc1C(=O)NC(CC(F)(F)F)C(=O)O. The third kappa shape index (κ3) is 5.47. The van der Waals surface area contributed by atoms with Crippen molar-refractivity contribution in [3.63, 3.8) is 0 Å². The zero-order valence-corrected chi connectivity index (χ0v) is 11.4. The Morgan fingerprint density at radius 1 is 1.36 bits per heavy atom. The third-order valence-corrected chi connectivity index (χ3v) is 2.53. The number of carbonyl (C=O) groups excluding carboxylic acids is 1. The van der Waals surface area contributed by atoms with Crippen molar-refractivity contribution >= 4 is 11.9 Å². The summed E-state index contributed by atoms with van der Waals surface area (Å²) in [4.78, 5) is 22.8. The lowest BCUT2D eigenvalue weighted by atomic mass is 10.1. The first kappa shape index (κ1) is 17.5. The smallest absolute Gasteiger partial charge is 0.391 e. The second-order valence-corrected chi connectivity index (χ2v) is 4.28. The van der Waals surface area contributed by atoms with Crippen molar-refractivity contribution in [2.45, 2.75) is 18.6 Å². The van der Waals surface area contributed by atoms with Crippen LogP contribution in [0.15, 0.2) is 36.9 Å². The Kier molecular flexibility index (Phi) is 5.97. The molecule has 5 nitrogen and oxygen atoms in total. The summed E-state index contributed by atoms with van der Waals surface area (Å²) in [5.74, 6) is -2.61. The average Bonchev–Trinajstić information content (AvgIpc) is 2.43. The quantitative estimate of drug-likeness (QED) is 0.757. The number of halogens is 3. The van der Waals surface area contributed by atoms with E-state index in [4.69, 9.17) is 9.84 Å². The van der Waals surface area contributed by atoms with E-state index in [1.807, 2.05) is 5.32 Å². The Labute approximate surface area is 124 Å². The Hall–Kier alpha value is -2.51. The highest BCUT2D eigenvalue weighted by Crippen LogP contribution is 2.23. The van der Waals surface area contributed by atoms with E-state index >= 15 is 0 Å². The molecule has 0 aliphatic rings. The number of carbonyl (C=O) groups is 2. The summed E-state index contributed by atoms with van der Waals surface area (Å²) in [6.45, 7) is 3.53. The number of hydrogen-bond donors (Lipinski definition) is 2. The van der Waals surface area contributed by atoms with E-state index in [0.717, 1.165) is 0 Å². The van der Waals surface area contributed by atoms with Gasteiger partial charge in [-0.25, -0.2) is 4.79 Å². The lowest BCUT2D eigenvalue weighted by molar-refractivity contribution is -0.157. The highest BCUT2D eigenvalue weighted by molar-refractivity contribution is 5.98. The summed E-state index contributed by atoms with van der Waals surface area (Å²) in [5, 5.41) is 10.6. The normalized spacial score (nSPS) is 12.3. The van der Waals surface area contributed by atoms with Crippen LogP contribution in [0.2, 0.25) is 0 Å². The molecule has 1 atom stereocenters. The van der Waals surface area contributed by atoms with Gasteiger partial charge < -0.3 is 15.2 Å². The van der Waals surface area contributed by atoms with Gasteiger partial charge in [-0.05, 0) is 12.1 Å². The zero-order chi connectivity index (χ0) is 16.8. The molecule has 1 aromatic rings. The molecule has 22 heavy (non-hydrogen) atoms. The van der Waals surface area contributed by atoms with Gasteiger partial charge in [-0.3, -0.25) is 4.79 Å². The van der Waals surface area contributed by atoms with Gasteiger partial charge in [-0.15, -0.1) is 0 Å². The minimum atomic E-state index is -4.71. The summed E-state index contributed by atoms with van der Waals surface area (Å²) >= 11 is 0. The van der Waals surface area contributed by atoms with Crippen molar-refractivity contribution in [1.82, 2.24) is 5.32 Å². The number of alkyl halides is 3. The number of benzene rings is 1. The fourth-order valence-corrected chi connectivity index (χ4v) is 1.60. The number of rotatable bonds is 7. The number of hydrogen-bond acceptors (Lipinski definition) is 3. The molecule has 120 valence electrons. The highest BCUT2D eigenvalue weighted by Gasteiger charge is 2.36. The average molecular weight is 317 g/mol. The second kappa shape index (κ2) is 7.48. The molecule has 1 amide bonds. The minimum absolute atomic E-state index is 0.0576. The number of amides is 1. The molecule has 0 saturated heterocycles. The van der Waals surface area contributed by atoms with E-state index < -0.39 is 30.5 Å². The standard InChI is InChI=1S/C14H14F3NO4/c1-2-7-22-11-6-4-3-5-9(11)12(19)18-10(13(20)21)8-14(15,16)17/h2-6,10H,1,7-8H2,(H,18,19)(H,20,21). The molecule has 0 spiro atoms. The van der Waals surface area contributed by atoms with Crippen molar-refractivity contribution in [3.05, 3.63) is 42.5 Å². The molecule has 0 bridgehead atoms. The maximum atomic E-state index is 12.3. The van der Waals surface area contributed by atoms with Crippen LogP contribution in [-0.4, -0.2) is 35.8 Å². The van der Waals surface area contributed by atoms with Crippen LogP contribution in [-0.2, 0) is 4.79 Å². The first-order valence-corrected chi connectivity index (χ1v) is 6.17. The van der Waals surface area contributed by atoms with E-state index in [2.05, 4.69) is 6.58 Å². The molecule has 0 fully saturated rings. The van der Waals surface area contributed by atoms with Crippen molar-refractivity contribution in [1.29, 1.82) is 0 Å². The van der Waals surface area contributed by atoms with E-state index in [0.29, 0.717) is 0 Å². The van der Waals surface area contributed by atoms with Gasteiger partial charge in [0.1, 0.15) is 18.4 Å².